The molecule has 2 aromatic carbocycles. The number of hydrogen-bond donors (Lipinski definition) is 0. The monoisotopic (exact) mass is 458 g/mol. The van der Waals surface area contributed by atoms with Crippen molar-refractivity contribution >= 4 is 16.7 Å². The van der Waals surface area contributed by atoms with Gasteiger partial charge in [-0.25, -0.2) is 4.39 Å². The van der Waals surface area contributed by atoms with Crippen LogP contribution in [0.25, 0.3) is 10.8 Å². The number of amides is 1. The number of nitrogens with zero attached hydrogens (tertiary/aromatic N) is 2. The normalized spacial score (nSPS) is 26.0. The number of piperidine rings is 1. The fourth-order valence-electron chi connectivity index (χ4n) is 6.85. The van der Waals surface area contributed by atoms with Crippen molar-refractivity contribution in [2.45, 2.75) is 62.4 Å². The highest BCUT2D eigenvalue weighted by molar-refractivity contribution is 5.89. The van der Waals surface area contributed by atoms with E-state index in [0.29, 0.717) is 32.0 Å². The number of benzene rings is 2. The van der Waals surface area contributed by atoms with Gasteiger partial charge in [-0.1, -0.05) is 30.3 Å². The minimum Gasteiger partial charge on any atom is -0.381 e. The molecule has 3 fully saturated rings. The Balaban J connectivity index is 1.25. The summed E-state index contributed by atoms with van der Waals surface area (Å²) < 4.78 is 19.8. The third-order valence-corrected chi connectivity index (χ3v) is 8.48. The molecule has 176 valence electrons. The number of rotatable bonds is 4. The van der Waals surface area contributed by atoms with Gasteiger partial charge in [0.2, 0.25) is 5.91 Å². The van der Waals surface area contributed by atoms with E-state index in [0.717, 1.165) is 37.7 Å². The molecule has 1 aromatic heterocycles. The van der Waals surface area contributed by atoms with E-state index in [-0.39, 0.29) is 23.8 Å². The second kappa shape index (κ2) is 8.77. The Labute approximate surface area is 200 Å². The lowest BCUT2D eigenvalue weighted by atomic mass is 9.72. The van der Waals surface area contributed by atoms with E-state index in [1.54, 1.807) is 12.1 Å². The first-order chi connectivity index (χ1) is 16.6. The van der Waals surface area contributed by atoms with Crippen LogP contribution in [0.4, 0.5) is 4.39 Å². The van der Waals surface area contributed by atoms with E-state index >= 15 is 0 Å². The van der Waals surface area contributed by atoms with Crippen molar-refractivity contribution in [2.24, 2.45) is 5.92 Å². The molecule has 0 saturated carbocycles. The zero-order chi connectivity index (χ0) is 23.1. The summed E-state index contributed by atoms with van der Waals surface area (Å²) in [5.74, 6) is 0.492. The van der Waals surface area contributed by atoms with Gasteiger partial charge >= 0.3 is 0 Å². The molecular formula is C29H31FN2O2. The number of fused-ring (bicyclic) bond motifs is 3. The van der Waals surface area contributed by atoms with Crippen LogP contribution in [0.3, 0.4) is 0 Å². The highest BCUT2D eigenvalue weighted by Crippen LogP contribution is 2.45. The predicted octanol–water partition coefficient (Wildman–Crippen LogP) is 5.43. The Morgan fingerprint density at radius 2 is 1.82 bits per heavy atom. The van der Waals surface area contributed by atoms with Crippen LogP contribution in [0, 0.1) is 11.7 Å². The maximum Gasteiger partial charge on any atom is 0.233 e. The van der Waals surface area contributed by atoms with Crippen LogP contribution < -0.4 is 0 Å². The summed E-state index contributed by atoms with van der Waals surface area (Å²) >= 11 is 0. The molecule has 2 unspecified atom stereocenters. The standard InChI is InChI=1S/C29H31FN2O2/c30-24-6-2-5-23(18-24)29(10-13-34-14-11-29)28(33)32-25-7-8-26(32)17-20(16-25)15-21-3-1-4-22-19-31-12-9-27(21)22/h1-6,9,12,18-20,25-26H,7-8,10-11,13-17H2. The van der Waals surface area contributed by atoms with Crippen LogP contribution in [0.15, 0.2) is 60.9 Å². The fraction of sp³-hybridized carbons (Fsp3) is 0.448. The van der Waals surface area contributed by atoms with E-state index < -0.39 is 5.41 Å². The molecule has 0 radical (unpaired) electrons. The summed E-state index contributed by atoms with van der Waals surface area (Å²) in [6.07, 6.45) is 10.3. The summed E-state index contributed by atoms with van der Waals surface area (Å²) in [7, 11) is 0. The second-order valence-corrected chi connectivity index (χ2v) is 10.4. The summed E-state index contributed by atoms with van der Waals surface area (Å²) in [4.78, 5) is 20.7. The smallest absolute Gasteiger partial charge is 0.233 e. The first kappa shape index (κ1) is 21.7. The quantitative estimate of drug-likeness (QED) is 0.523. The van der Waals surface area contributed by atoms with Gasteiger partial charge in [0.05, 0.1) is 5.41 Å². The molecule has 0 spiro atoms. The van der Waals surface area contributed by atoms with Gasteiger partial charge in [-0.2, -0.15) is 0 Å². The zero-order valence-corrected chi connectivity index (χ0v) is 19.5. The average molecular weight is 459 g/mol. The molecule has 34 heavy (non-hydrogen) atoms. The van der Waals surface area contributed by atoms with E-state index in [1.165, 1.54) is 22.4 Å². The number of halogens is 1. The molecule has 0 N–H and O–H groups in total. The molecule has 3 saturated heterocycles. The molecule has 3 aromatic rings. The van der Waals surface area contributed by atoms with Gasteiger partial charge in [-0.05, 0) is 85.6 Å². The minimum absolute atomic E-state index is 0.198. The Bertz CT molecular complexity index is 1190. The van der Waals surface area contributed by atoms with Crippen LogP contribution in [0.5, 0.6) is 0 Å². The first-order valence-electron chi connectivity index (χ1n) is 12.6. The first-order valence-corrected chi connectivity index (χ1v) is 12.6. The molecule has 0 aliphatic carbocycles. The Morgan fingerprint density at radius 3 is 2.59 bits per heavy atom. The van der Waals surface area contributed by atoms with E-state index in [9.17, 15) is 9.18 Å². The lowest BCUT2D eigenvalue weighted by Gasteiger charge is -2.46. The molecule has 3 aliphatic heterocycles. The Kier molecular flexibility index (Phi) is 5.60. The second-order valence-electron chi connectivity index (χ2n) is 10.4. The Hall–Kier alpha value is -2.79. The molecular weight excluding hydrogens is 427 g/mol. The topological polar surface area (TPSA) is 42.4 Å². The van der Waals surface area contributed by atoms with Gasteiger partial charge < -0.3 is 9.64 Å². The summed E-state index contributed by atoms with van der Waals surface area (Å²) in [6.45, 7) is 1.09. The van der Waals surface area contributed by atoms with Crippen molar-refractivity contribution in [3.05, 3.63) is 77.9 Å². The van der Waals surface area contributed by atoms with E-state index in [1.807, 2.05) is 18.5 Å². The largest absolute Gasteiger partial charge is 0.381 e. The average Bonchev–Trinajstić information content (AvgIpc) is 3.14. The SMILES string of the molecule is O=C(N1C2CCC1CC(Cc1cccc3cnccc13)C2)C1(c2cccc(F)c2)CCOCC1. The molecule has 4 heterocycles. The highest BCUT2D eigenvalue weighted by atomic mass is 19.1. The summed E-state index contributed by atoms with van der Waals surface area (Å²) in [5, 5.41) is 2.47. The molecule has 2 bridgehead atoms. The van der Waals surface area contributed by atoms with Crippen LogP contribution in [-0.4, -0.2) is 41.1 Å². The molecule has 3 aliphatic rings. The zero-order valence-electron chi connectivity index (χ0n) is 19.5. The predicted molar refractivity (Wildman–Crippen MR) is 130 cm³/mol. The number of carbonyl (C=O) groups is 1. The van der Waals surface area contributed by atoms with Crippen LogP contribution in [0.2, 0.25) is 0 Å². The van der Waals surface area contributed by atoms with Crippen LogP contribution >= 0.6 is 0 Å². The number of carbonyl (C=O) groups excluding carboxylic acids is 1. The van der Waals surface area contributed by atoms with Gasteiger partial charge in [0.1, 0.15) is 5.82 Å². The number of aromatic nitrogens is 1. The number of pyridine rings is 1. The van der Waals surface area contributed by atoms with Crippen molar-refractivity contribution in [1.29, 1.82) is 0 Å². The van der Waals surface area contributed by atoms with Crippen molar-refractivity contribution in [3.8, 4) is 0 Å². The molecule has 2 atom stereocenters. The third-order valence-electron chi connectivity index (χ3n) is 8.48. The van der Waals surface area contributed by atoms with Gasteiger partial charge in [0.15, 0.2) is 0 Å². The highest BCUT2D eigenvalue weighted by Gasteiger charge is 2.51. The maximum absolute atomic E-state index is 14.2. The van der Waals surface area contributed by atoms with E-state index in [4.69, 9.17) is 4.74 Å². The molecule has 6 rings (SSSR count). The third kappa shape index (κ3) is 3.70. The Morgan fingerprint density at radius 1 is 1.06 bits per heavy atom. The van der Waals surface area contributed by atoms with Crippen molar-refractivity contribution in [2.75, 3.05) is 13.2 Å². The molecule has 1 amide bonds. The number of hydrogen-bond acceptors (Lipinski definition) is 3. The number of ether oxygens (including phenoxy) is 1. The van der Waals surface area contributed by atoms with Crippen molar-refractivity contribution in [3.63, 3.8) is 0 Å². The van der Waals surface area contributed by atoms with Crippen LogP contribution in [0.1, 0.15) is 49.7 Å². The van der Waals surface area contributed by atoms with Gasteiger partial charge in [0, 0.05) is 43.1 Å². The van der Waals surface area contributed by atoms with Crippen molar-refractivity contribution in [1.82, 2.24) is 9.88 Å². The van der Waals surface area contributed by atoms with Gasteiger partial charge in [-0.3, -0.25) is 9.78 Å². The van der Waals surface area contributed by atoms with Gasteiger partial charge in [0.25, 0.3) is 0 Å². The lowest BCUT2D eigenvalue weighted by Crippen LogP contribution is -2.56. The summed E-state index contributed by atoms with van der Waals surface area (Å²) in [5.41, 5.74) is 1.52. The van der Waals surface area contributed by atoms with E-state index in [2.05, 4.69) is 34.1 Å². The molecule has 4 nitrogen and oxygen atoms in total. The van der Waals surface area contributed by atoms with Crippen LogP contribution in [-0.2, 0) is 21.4 Å². The maximum atomic E-state index is 14.2. The van der Waals surface area contributed by atoms with Crippen molar-refractivity contribution < 1.29 is 13.9 Å². The molecule has 5 heteroatoms. The van der Waals surface area contributed by atoms with Gasteiger partial charge in [-0.15, -0.1) is 0 Å². The minimum atomic E-state index is -0.670. The fourth-order valence-corrected chi connectivity index (χ4v) is 6.85. The lowest BCUT2D eigenvalue weighted by molar-refractivity contribution is -0.146. The summed E-state index contributed by atoms with van der Waals surface area (Å²) in [6, 6.07) is 15.8.